The van der Waals surface area contributed by atoms with Crippen LogP contribution in [0, 0.1) is 0 Å². The Kier molecular flexibility index (Phi) is 7.39. The van der Waals surface area contributed by atoms with E-state index in [1.54, 1.807) is 0 Å². The van der Waals surface area contributed by atoms with Crippen molar-refractivity contribution in [3.8, 4) is 0 Å². The van der Waals surface area contributed by atoms with Gasteiger partial charge in [-0.15, -0.1) is 0 Å². The van der Waals surface area contributed by atoms with Gasteiger partial charge in [-0.2, -0.15) is 0 Å². The zero-order chi connectivity index (χ0) is 13.5. The average molecular weight is 243 g/mol. The smallest absolute Gasteiger partial charge is 0.222 e. The van der Waals surface area contributed by atoms with Crippen LogP contribution in [0.25, 0.3) is 0 Å². The summed E-state index contributed by atoms with van der Waals surface area (Å²) < 4.78 is 0. The first-order chi connectivity index (χ1) is 7.84. The van der Waals surface area contributed by atoms with Gasteiger partial charge in [-0.3, -0.25) is 9.69 Å². The number of nitrogens with one attached hydrogen (secondary N) is 1. The second-order valence-electron chi connectivity index (χ2n) is 5.52. The fourth-order valence-corrected chi connectivity index (χ4v) is 1.93. The fraction of sp³-hybridized carbons (Fsp3) is 0.923. The molecule has 3 N–H and O–H groups in total. The van der Waals surface area contributed by atoms with Gasteiger partial charge in [0, 0.05) is 24.5 Å². The summed E-state index contributed by atoms with van der Waals surface area (Å²) in [6, 6.07) is 0.155. The summed E-state index contributed by atoms with van der Waals surface area (Å²) in [6.07, 6.45) is 1.58. The topological polar surface area (TPSA) is 58.4 Å². The van der Waals surface area contributed by atoms with Crippen LogP contribution >= 0.6 is 0 Å². The maximum Gasteiger partial charge on any atom is 0.222 e. The lowest BCUT2D eigenvalue weighted by Crippen LogP contribution is -2.47. The van der Waals surface area contributed by atoms with Gasteiger partial charge in [-0.05, 0) is 40.3 Å². The summed E-state index contributed by atoms with van der Waals surface area (Å²) in [6.45, 7) is 12.7. The van der Waals surface area contributed by atoms with Crippen LogP contribution in [0.5, 0.6) is 0 Å². The predicted molar refractivity (Wildman–Crippen MR) is 72.9 cm³/mol. The van der Waals surface area contributed by atoms with Gasteiger partial charge in [-0.1, -0.05) is 13.8 Å². The van der Waals surface area contributed by atoms with E-state index in [1.807, 2.05) is 20.8 Å². The largest absolute Gasteiger partial charge is 0.351 e. The summed E-state index contributed by atoms with van der Waals surface area (Å²) in [4.78, 5) is 14.1. The molecule has 1 unspecified atom stereocenters. The number of hydrogen-bond acceptors (Lipinski definition) is 3. The molecule has 0 rings (SSSR count). The van der Waals surface area contributed by atoms with Gasteiger partial charge in [0.15, 0.2) is 0 Å². The molecule has 17 heavy (non-hydrogen) atoms. The summed E-state index contributed by atoms with van der Waals surface area (Å²) >= 11 is 0. The van der Waals surface area contributed by atoms with Crippen LogP contribution in [-0.4, -0.2) is 42.0 Å². The molecule has 102 valence electrons. The van der Waals surface area contributed by atoms with Crippen LogP contribution in [0.15, 0.2) is 0 Å². The Labute approximate surface area is 106 Å². The van der Waals surface area contributed by atoms with Crippen molar-refractivity contribution in [2.75, 3.05) is 19.6 Å². The fourth-order valence-electron chi connectivity index (χ4n) is 1.93. The molecule has 4 heteroatoms. The minimum atomic E-state index is -0.169. The first-order valence-electron chi connectivity index (χ1n) is 6.59. The van der Waals surface area contributed by atoms with E-state index in [2.05, 4.69) is 24.1 Å². The van der Waals surface area contributed by atoms with Crippen molar-refractivity contribution in [2.45, 2.75) is 59.0 Å². The lowest BCUT2D eigenvalue weighted by Gasteiger charge is -2.30. The highest BCUT2D eigenvalue weighted by atomic mass is 16.1. The Balaban J connectivity index is 4.33. The third kappa shape index (κ3) is 7.34. The molecule has 0 heterocycles. The molecule has 1 atom stereocenters. The third-order valence-corrected chi connectivity index (χ3v) is 2.64. The molecule has 4 nitrogen and oxygen atoms in total. The Morgan fingerprint density at radius 1 is 1.35 bits per heavy atom. The monoisotopic (exact) mass is 243 g/mol. The molecule has 0 aromatic rings. The number of rotatable bonds is 7. The van der Waals surface area contributed by atoms with Crippen LogP contribution < -0.4 is 11.1 Å². The second kappa shape index (κ2) is 7.67. The molecule has 0 aromatic carbocycles. The Morgan fingerprint density at radius 3 is 2.29 bits per heavy atom. The molecule has 1 amide bonds. The van der Waals surface area contributed by atoms with E-state index in [0.717, 1.165) is 19.5 Å². The molecule has 0 fully saturated rings. The molecule has 0 aliphatic rings. The van der Waals surface area contributed by atoms with E-state index >= 15 is 0 Å². The highest BCUT2D eigenvalue weighted by Crippen LogP contribution is 2.06. The second-order valence-corrected chi connectivity index (χ2v) is 5.52. The van der Waals surface area contributed by atoms with Crippen molar-refractivity contribution >= 4 is 5.91 Å². The van der Waals surface area contributed by atoms with Gasteiger partial charge >= 0.3 is 0 Å². The highest BCUT2D eigenvalue weighted by molar-refractivity contribution is 5.77. The van der Waals surface area contributed by atoms with Crippen molar-refractivity contribution < 1.29 is 4.79 Å². The van der Waals surface area contributed by atoms with E-state index in [0.29, 0.717) is 13.0 Å². The number of hydrogen-bond donors (Lipinski definition) is 2. The maximum atomic E-state index is 11.9. The van der Waals surface area contributed by atoms with Crippen LogP contribution in [0.2, 0.25) is 0 Å². The number of carbonyl (C=O) groups excluding carboxylic acids is 1. The number of carbonyl (C=O) groups is 1. The predicted octanol–water partition coefficient (Wildman–Crippen LogP) is 1.35. The van der Waals surface area contributed by atoms with E-state index < -0.39 is 0 Å². The third-order valence-electron chi connectivity index (χ3n) is 2.64. The van der Waals surface area contributed by atoms with E-state index in [1.165, 1.54) is 0 Å². The zero-order valence-electron chi connectivity index (χ0n) is 12.0. The molecular formula is C13H29N3O. The van der Waals surface area contributed by atoms with Crippen molar-refractivity contribution in [3.63, 3.8) is 0 Å². The van der Waals surface area contributed by atoms with Crippen LogP contribution in [0.3, 0.4) is 0 Å². The lowest BCUT2D eigenvalue weighted by atomic mass is 10.1. The van der Waals surface area contributed by atoms with Gasteiger partial charge < -0.3 is 11.1 Å². The van der Waals surface area contributed by atoms with E-state index in [9.17, 15) is 4.79 Å². The van der Waals surface area contributed by atoms with Crippen LogP contribution in [-0.2, 0) is 4.79 Å². The Bertz CT molecular complexity index is 223. The molecular weight excluding hydrogens is 214 g/mol. The van der Waals surface area contributed by atoms with Crippen LogP contribution in [0.4, 0.5) is 0 Å². The van der Waals surface area contributed by atoms with Gasteiger partial charge in [0.2, 0.25) is 5.91 Å². The SMILES string of the molecule is CCCN(CC)C(CN)CC(=O)NC(C)(C)C. The Hall–Kier alpha value is -0.610. The summed E-state index contributed by atoms with van der Waals surface area (Å²) in [5.74, 6) is 0.0857. The molecule has 0 aliphatic heterocycles. The first kappa shape index (κ1) is 16.4. The van der Waals surface area contributed by atoms with E-state index in [4.69, 9.17) is 5.73 Å². The number of likely N-dealkylation sites (N-methyl/N-ethyl adjacent to an activating group) is 1. The van der Waals surface area contributed by atoms with Gasteiger partial charge in [-0.25, -0.2) is 0 Å². The maximum absolute atomic E-state index is 11.9. The van der Waals surface area contributed by atoms with Crippen molar-refractivity contribution in [2.24, 2.45) is 5.73 Å². The minimum absolute atomic E-state index is 0.0857. The zero-order valence-corrected chi connectivity index (χ0v) is 12.0. The number of nitrogens with two attached hydrogens (primary N) is 1. The molecule has 0 spiro atoms. The highest BCUT2D eigenvalue weighted by Gasteiger charge is 2.21. The lowest BCUT2D eigenvalue weighted by molar-refractivity contribution is -0.123. The van der Waals surface area contributed by atoms with Gasteiger partial charge in [0.05, 0.1) is 0 Å². The molecule has 0 radical (unpaired) electrons. The Morgan fingerprint density at radius 2 is 1.94 bits per heavy atom. The summed E-state index contributed by atoms with van der Waals surface area (Å²) in [5.41, 5.74) is 5.60. The van der Waals surface area contributed by atoms with E-state index in [-0.39, 0.29) is 17.5 Å². The van der Waals surface area contributed by atoms with Crippen molar-refractivity contribution in [1.29, 1.82) is 0 Å². The molecule has 0 saturated carbocycles. The van der Waals surface area contributed by atoms with Gasteiger partial charge in [0.25, 0.3) is 0 Å². The van der Waals surface area contributed by atoms with Crippen molar-refractivity contribution in [3.05, 3.63) is 0 Å². The molecule has 0 aliphatic carbocycles. The van der Waals surface area contributed by atoms with Crippen molar-refractivity contribution in [1.82, 2.24) is 10.2 Å². The molecule has 0 bridgehead atoms. The number of nitrogens with zero attached hydrogens (tertiary/aromatic N) is 1. The minimum Gasteiger partial charge on any atom is -0.351 e. The first-order valence-corrected chi connectivity index (χ1v) is 6.59. The summed E-state index contributed by atoms with van der Waals surface area (Å²) in [7, 11) is 0. The average Bonchev–Trinajstić information content (AvgIpc) is 2.20. The van der Waals surface area contributed by atoms with Crippen LogP contribution in [0.1, 0.15) is 47.5 Å². The molecule has 0 aromatic heterocycles. The summed E-state index contributed by atoms with van der Waals surface area (Å²) in [5, 5.41) is 2.98. The van der Waals surface area contributed by atoms with Gasteiger partial charge in [0.1, 0.15) is 0 Å². The quantitative estimate of drug-likeness (QED) is 0.709. The standard InChI is InChI=1S/C13H29N3O/c1-6-8-16(7-2)11(10-14)9-12(17)15-13(3,4)5/h11H,6-10,14H2,1-5H3,(H,15,17). The number of amides is 1. The normalized spacial score (nSPS) is 13.8. The molecule has 0 saturated heterocycles.